The molecule has 0 saturated heterocycles. The summed E-state index contributed by atoms with van der Waals surface area (Å²) in [5.74, 6) is -0.411. The second-order valence-corrected chi connectivity index (χ2v) is 6.68. The number of imidazole rings is 1. The minimum absolute atomic E-state index is 0.0623. The number of benzene rings is 1. The van der Waals surface area contributed by atoms with E-state index < -0.39 is 5.82 Å². The van der Waals surface area contributed by atoms with Crippen LogP contribution in [0.15, 0.2) is 43.0 Å². The zero-order valence-corrected chi connectivity index (χ0v) is 15.0. The van der Waals surface area contributed by atoms with Crippen LogP contribution in [0.25, 0.3) is 0 Å². The van der Waals surface area contributed by atoms with Crippen LogP contribution in [-0.2, 0) is 13.0 Å². The zero-order chi connectivity index (χ0) is 18.1. The van der Waals surface area contributed by atoms with Gasteiger partial charge in [-0.15, -0.1) is 0 Å². The summed E-state index contributed by atoms with van der Waals surface area (Å²) in [4.78, 5) is 14.1. The number of pyridine rings is 1. The number of fused-ring (bicyclic) bond motifs is 1. The van der Waals surface area contributed by atoms with E-state index in [0.717, 1.165) is 35.5 Å². The lowest BCUT2D eigenvalue weighted by atomic mass is 9.95. The third kappa shape index (κ3) is 3.06. The van der Waals surface area contributed by atoms with Gasteiger partial charge in [-0.25, -0.2) is 9.37 Å². The van der Waals surface area contributed by atoms with Gasteiger partial charge in [0.05, 0.1) is 30.2 Å². The number of aromatic amines is 1. The van der Waals surface area contributed by atoms with Crippen molar-refractivity contribution in [3.8, 4) is 5.75 Å². The number of rotatable bonds is 4. The van der Waals surface area contributed by atoms with Gasteiger partial charge in [0.1, 0.15) is 0 Å². The SMILES string of the molecule is COc1c(F)cc([C@H]2c3nc[nH]c3CCN2Cc2cccnc2)cc1Cl. The maximum Gasteiger partial charge on any atom is 0.173 e. The van der Waals surface area contributed by atoms with Crippen LogP contribution in [0.1, 0.15) is 28.6 Å². The Morgan fingerprint density at radius 3 is 3.04 bits per heavy atom. The number of methoxy groups -OCH3 is 1. The molecule has 0 radical (unpaired) electrons. The molecule has 0 bridgehead atoms. The number of halogens is 2. The molecule has 0 fully saturated rings. The van der Waals surface area contributed by atoms with Crippen molar-refractivity contribution in [2.75, 3.05) is 13.7 Å². The molecule has 1 aromatic carbocycles. The highest BCUT2D eigenvalue weighted by Crippen LogP contribution is 2.38. The minimum atomic E-state index is -0.473. The Morgan fingerprint density at radius 2 is 2.31 bits per heavy atom. The van der Waals surface area contributed by atoms with E-state index in [0.29, 0.717) is 6.54 Å². The first kappa shape index (κ1) is 17.0. The first-order valence-electron chi connectivity index (χ1n) is 8.35. The molecule has 0 amide bonds. The number of ether oxygens (including phenoxy) is 1. The summed E-state index contributed by atoms with van der Waals surface area (Å²) >= 11 is 6.24. The molecular weight excluding hydrogens is 355 g/mol. The summed E-state index contributed by atoms with van der Waals surface area (Å²) in [7, 11) is 1.41. The Labute approximate surface area is 155 Å². The van der Waals surface area contributed by atoms with Crippen LogP contribution in [0.5, 0.6) is 5.75 Å². The fourth-order valence-electron chi connectivity index (χ4n) is 3.52. The molecule has 2 aromatic heterocycles. The van der Waals surface area contributed by atoms with Crippen LogP contribution < -0.4 is 4.74 Å². The zero-order valence-electron chi connectivity index (χ0n) is 14.2. The molecule has 0 aliphatic carbocycles. The average Bonchev–Trinajstić information content (AvgIpc) is 3.11. The third-order valence-electron chi connectivity index (χ3n) is 4.67. The van der Waals surface area contributed by atoms with E-state index in [4.69, 9.17) is 16.3 Å². The molecule has 1 N–H and O–H groups in total. The summed E-state index contributed by atoms with van der Waals surface area (Å²) in [5.41, 5.74) is 3.83. The van der Waals surface area contributed by atoms with Gasteiger partial charge in [-0.05, 0) is 29.3 Å². The monoisotopic (exact) mass is 372 g/mol. The average molecular weight is 373 g/mol. The van der Waals surface area contributed by atoms with Crippen molar-refractivity contribution in [2.24, 2.45) is 0 Å². The summed E-state index contributed by atoms with van der Waals surface area (Å²) < 4.78 is 19.5. The van der Waals surface area contributed by atoms with Crippen molar-refractivity contribution in [2.45, 2.75) is 19.0 Å². The van der Waals surface area contributed by atoms with Gasteiger partial charge >= 0.3 is 0 Å². The first-order valence-corrected chi connectivity index (χ1v) is 8.73. The van der Waals surface area contributed by atoms with Crippen molar-refractivity contribution >= 4 is 11.6 Å². The molecule has 4 rings (SSSR count). The predicted octanol–water partition coefficient (Wildman–Crippen LogP) is 3.75. The van der Waals surface area contributed by atoms with Crippen molar-refractivity contribution in [3.63, 3.8) is 0 Å². The Kier molecular flexibility index (Phi) is 4.61. The van der Waals surface area contributed by atoms with Crippen LogP contribution in [-0.4, -0.2) is 33.5 Å². The predicted molar refractivity (Wildman–Crippen MR) is 96.7 cm³/mol. The minimum Gasteiger partial charge on any atom is -0.492 e. The smallest absolute Gasteiger partial charge is 0.173 e. The summed E-state index contributed by atoms with van der Waals surface area (Å²) in [5, 5.41) is 0.256. The molecule has 1 aliphatic rings. The second kappa shape index (κ2) is 7.05. The highest BCUT2D eigenvalue weighted by Gasteiger charge is 2.32. The van der Waals surface area contributed by atoms with Crippen LogP contribution in [0.3, 0.4) is 0 Å². The van der Waals surface area contributed by atoms with Crippen LogP contribution in [0, 0.1) is 5.82 Å². The molecule has 1 aliphatic heterocycles. The number of nitrogens with zero attached hydrogens (tertiary/aromatic N) is 3. The van der Waals surface area contributed by atoms with Gasteiger partial charge in [0.2, 0.25) is 0 Å². The van der Waals surface area contributed by atoms with Gasteiger partial charge in [0, 0.05) is 37.6 Å². The topological polar surface area (TPSA) is 54.0 Å². The van der Waals surface area contributed by atoms with Crippen LogP contribution in [0.4, 0.5) is 4.39 Å². The van der Waals surface area contributed by atoms with E-state index in [1.807, 2.05) is 18.3 Å². The van der Waals surface area contributed by atoms with Crippen molar-refractivity contribution in [3.05, 3.63) is 76.3 Å². The summed E-state index contributed by atoms with van der Waals surface area (Å²) in [6, 6.07) is 7.00. The molecule has 3 aromatic rings. The van der Waals surface area contributed by atoms with Gasteiger partial charge in [-0.3, -0.25) is 9.88 Å². The quantitative estimate of drug-likeness (QED) is 0.757. The van der Waals surface area contributed by atoms with E-state index in [1.54, 1.807) is 18.6 Å². The van der Waals surface area contributed by atoms with Crippen molar-refractivity contribution < 1.29 is 9.13 Å². The highest BCUT2D eigenvalue weighted by molar-refractivity contribution is 6.32. The Hall–Kier alpha value is -2.44. The summed E-state index contributed by atoms with van der Waals surface area (Å²) in [6.07, 6.45) is 6.14. The van der Waals surface area contributed by atoms with Crippen LogP contribution >= 0.6 is 11.6 Å². The molecule has 5 nitrogen and oxygen atoms in total. The Bertz CT molecular complexity index is 892. The van der Waals surface area contributed by atoms with E-state index >= 15 is 0 Å². The molecule has 7 heteroatoms. The molecular formula is C19H18ClFN4O. The largest absolute Gasteiger partial charge is 0.492 e. The van der Waals surface area contributed by atoms with Gasteiger partial charge in [-0.1, -0.05) is 17.7 Å². The van der Waals surface area contributed by atoms with Crippen LogP contribution in [0.2, 0.25) is 5.02 Å². The van der Waals surface area contributed by atoms with Gasteiger partial charge in [-0.2, -0.15) is 0 Å². The van der Waals surface area contributed by atoms with Crippen molar-refractivity contribution in [1.29, 1.82) is 0 Å². The Balaban J connectivity index is 1.76. The fourth-order valence-corrected chi connectivity index (χ4v) is 3.82. The van der Waals surface area contributed by atoms with Gasteiger partial charge in [0.15, 0.2) is 11.6 Å². The normalized spacial score (nSPS) is 17.1. The number of hydrogen-bond acceptors (Lipinski definition) is 4. The number of nitrogens with one attached hydrogen (secondary N) is 1. The second-order valence-electron chi connectivity index (χ2n) is 6.27. The Morgan fingerprint density at radius 1 is 1.42 bits per heavy atom. The summed E-state index contributed by atoms with van der Waals surface area (Å²) in [6.45, 7) is 1.51. The van der Waals surface area contributed by atoms with Crippen molar-refractivity contribution in [1.82, 2.24) is 19.9 Å². The molecule has 0 spiro atoms. The first-order chi connectivity index (χ1) is 12.7. The van der Waals surface area contributed by atoms with E-state index in [1.165, 1.54) is 13.2 Å². The molecule has 26 heavy (non-hydrogen) atoms. The maximum absolute atomic E-state index is 14.5. The van der Waals surface area contributed by atoms with E-state index in [2.05, 4.69) is 19.9 Å². The molecule has 3 heterocycles. The molecule has 134 valence electrons. The molecule has 0 unspecified atom stereocenters. The van der Waals surface area contributed by atoms with E-state index in [9.17, 15) is 4.39 Å². The lowest BCUT2D eigenvalue weighted by Crippen LogP contribution is -2.36. The molecule has 0 saturated carbocycles. The number of hydrogen-bond donors (Lipinski definition) is 1. The highest BCUT2D eigenvalue weighted by atomic mass is 35.5. The van der Waals surface area contributed by atoms with Gasteiger partial charge in [0.25, 0.3) is 0 Å². The number of aromatic nitrogens is 3. The lowest BCUT2D eigenvalue weighted by Gasteiger charge is -2.35. The standard InChI is InChI=1S/C19H18ClFN4O/c1-26-19-14(20)7-13(8-15(19)21)18-17-16(23-11-24-17)4-6-25(18)10-12-3-2-5-22-9-12/h2-3,5,7-9,11,18H,4,6,10H2,1H3,(H,23,24)/t18-/m0/s1. The van der Waals surface area contributed by atoms with Gasteiger partial charge < -0.3 is 9.72 Å². The maximum atomic E-state index is 14.5. The fraction of sp³-hybridized carbons (Fsp3) is 0.263. The lowest BCUT2D eigenvalue weighted by molar-refractivity contribution is 0.199. The van der Waals surface area contributed by atoms with E-state index in [-0.39, 0.29) is 16.8 Å². The molecule has 1 atom stereocenters. The number of H-pyrrole nitrogens is 1. The third-order valence-corrected chi connectivity index (χ3v) is 4.95.